The smallest absolute Gasteiger partial charge is 0.274 e. The van der Waals surface area contributed by atoms with Crippen molar-refractivity contribution in [1.82, 2.24) is 9.55 Å². The Bertz CT molecular complexity index is 1870. The highest BCUT2D eigenvalue weighted by atomic mass is 35.5. The minimum atomic E-state index is -0.630. The number of anilines is 4. The van der Waals surface area contributed by atoms with Crippen LogP contribution in [0.25, 0.3) is 11.1 Å². The van der Waals surface area contributed by atoms with Gasteiger partial charge < -0.3 is 29.9 Å². The molecule has 2 aliphatic heterocycles. The maximum Gasteiger partial charge on any atom is 0.274 e. The van der Waals surface area contributed by atoms with Gasteiger partial charge in [0.2, 0.25) is 0 Å². The van der Waals surface area contributed by atoms with Crippen LogP contribution in [0.2, 0.25) is 0 Å². The molecular weight excluding hydrogens is 602 g/mol. The van der Waals surface area contributed by atoms with Crippen molar-refractivity contribution in [3.05, 3.63) is 99.6 Å². The number of aryl methyl sites for hydroxylation is 1. The molecule has 1 saturated heterocycles. The monoisotopic (exact) mass is 639 g/mol. The van der Waals surface area contributed by atoms with E-state index in [-0.39, 0.29) is 22.9 Å². The van der Waals surface area contributed by atoms with Crippen molar-refractivity contribution in [3.8, 4) is 11.1 Å². The van der Waals surface area contributed by atoms with Gasteiger partial charge >= 0.3 is 0 Å². The Morgan fingerprint density at radius 1 is 0.978 bits per heavy atom. The van der Waals surface area contributed by atoms with Gasteiger partial charge in [-0.15, -0.1) is 11.6 Å². The fourth-order valence-corrected chi connectivity index (χ4v) is 6.85. The zero-order chi connectivity index (χ0) is 32.2. The Balaban J connectivity index is 1.15. The number of nitrogens with zero attached hydrogens (tertiary/aromatic N) is 4. The predicted molar refractivity (Wildman–Crippen MR) is 181 cm³/mol. The molecule has 0 atom stereocenters. The lowest BCUT2D eigenvalue weighted by Crippen LogP contribution is -2.42. The number of carbonyl (C=O) groups excluding carboxylic acids is 1. The van der Waals surface area contributed by atoms with Crippen molar-refractivity contribution in [1.29, 1.82) is 0 Å². The second kappa shape index (κ2) is 11.6. The molecule has 4 heterocycles. The molecule has 2 aromatic heterocycles. The fourth-order valence-electron chi connectivity index (χ4n) is 6.64. The summed E-state index contributed by atoms with van der Waals surface area (Å²) in [6.45, 7) is 3.58. The second-order valence-electron chi connectivity index (χ2n) is 13.1. The molecule has 0 radical (unpaired) electrons. The van der Waals surface area contributed by atoms with Gasteiger partial charge in [0.1, 0.15) is 11.5 Å². The summed E-state index contributed by atoms with van der Waals surface area (Å²) in [6.07, 6.45) is 7.51. The van der Waals surface area contributed by atoms with Gasteiger partial charge in [-0.3, -0.25) is 9.59 Å². The number of hydrogen-bond donors (Lipinski definition) is 3. The Kier molecular flexibility index (Phi) is 7.66. The number of benzene rings is 2. The fraction of sp³-hybridized carbons (Fsp3) is 0.361. The summed E-state index contributed by atoms with van der Waals surface area (Å²) in [4.78, 5) is 35.1. The molecule has 238 valence electrons. The average Bonchev–Trinajstić information content (AvgIpc) is 3.81. The Morgan fingerprint density at radius 2 is 1.76 bits per heavy atom. The highest BCUT2D eigenvalue weighted by Crippen LogP contribution is 2.52. The van der Waals surface area contributed by atoms with E-state index in [1.54, 1.807) is 30.4 Å². The first-order valence-corrected chi connectivity index (χ1v) is 16.2. The number of hydrogen-bond acceptors (Lipinski definition) is 7. The number of nitrogens with one attached hydrogen (secondary N) is 1. The maximum absolute atomic E-state index is 13.8. The number of carbonyl (C=O) groups is 1. The summed E-state index contributed by atoms with van der Waals surface area (Å²) in [5.41, 5.74) is 5.91. The summed E-state index contributed by atoms with van der Waals surface area (Å²) < 4.78 is 1.50. The highest BCUT2D eigenvalue weighted by molar-refractivity contribution is 6.26. The van der Waals surface area contributed by atoms with Gasteiger partial charge in [0.15, 0.2) is 0 Å². The third-order valence-corrected chi connectivity index (χ3v) is 10.3. The summed E-state index contributed by atoms with van der Waals surface area (Å²) in [5.74, 6) is 0.423. The standard InChI is InChI=1S/C36H38ClN5O4/c1-35(46)13-16-41(17-14-35)26-7-9-32(38-20-26)39-30-19-24(21-40(2)34(30)45)27-4-3-5-31(29(27)22-43)42-15-10-23-18-25(36(37)11-12-36)6-8-28(23)33(42)44/h3-9,18-21,43,46H,10-17,22H2,1-2H3,(H,38,39). The van der Waals surface area contributed by atoms with Crippen LogP contribution in [0.3, 0.4) is 0 Å². The van der Waals surface area contributed by atoms with Gasteiger partial charge in [0.25, 0.3) is 11.5 Å². The molecule has 2 aromatic carbocycles. The first kappa shape index (κ1) is 30.5. The lowest BCUT2D eigenvalue weighted by atomic mass is 9.93. The van der Waals surface area contributed by atoms with E-state index in [4.69, 9.17) is 11.6 Å². The van der Waals surface area contributed by atoms with Crippen LogP contribution >= 0.6 is 11.6 Å². The molecule has 1 saturated carbocycles. The van der Waals surface area contributed by atoms with Crippen molar-refractivity contribution < 1.29 is 15.0 Å². The van der Waals surface area contributed by atoms with E-state index < -0.39 is 5.60 Å². The van der Waals surface area contributed by atoms with Crippen LogP contribution in [-0.2, 0) is 24.9 Å². The molecule has 0 bridgehead atoms. The molecule has 3 aliphatic rings. The number of piperidine rings is 1. The van der Waals surface area contributed by atoms with E-state index in [1.807, 2.05) is 49.4 Å². The summed E-state index contributed by atoms with van der Waals surface area (Å²) >= 11 is 6.65. The van der Waals surface area contributed by atoms with Gasteiger partial charge in [-0.25, -0.2) is 4.98 Å². The number of amides is 1. The van der Waals surface area contributed by atoms with Gasteiger partial charge in [-0.05, 0) is 86.1 Å². The van der Waals surface area contributed by atoms with Crippen LogP contribution in [0.1, 0.15) is 59.7 Å². The molecule has 0 spiro atoms. The summed E-state index contributed by atoms with van der Waals surface area (Å²) in [7, 11) is 1.69. The van der Waals surface area contributed by atoms with Crippen LogP contribution in [0.4, 0.5) is 22.9 Å². The second-order valence-corrected chi connectivity index (χ2v) is 13.8. The largest absolute Gasteiger partial charge is 0.392 e. The quantitative estimate of drug-likeness (QED) is 0.230. The molecule has 9 nitrogen and oxygen atoms in total. The van der Waals surface area contributed by atoms with Crippen molar-refractivity contribution in [3.63, 3.8) is 0 Å². The molecule has 1 amide bonds. The lowest BCUT2D eigenvalue weighted by molar-refractivity contribution is 0.0351. The highest BCUT2D eigenvalue weighted by Gasteiger charge is 2.43. The SMILES string of the molecule is Cn1cc(-c2cccc(N3CCc4cc(C5(Cl)CC5)ccc4C3=O)c2CO)cc(Nc2ccc(N3CCC(C)(O)CC3)cn2)c1=O. The molecular formula is C36H38ClN5O4. The van der Waals surface area contributed by atoms with Crippen molar-refractivity contribution in [2.75, 3.05) is 34.8 Å². The number of aromatic nitrogens is 2. The zero-order valence-electron chi connectivity index (χ0n) is 26.1. The van der Waals surface area contributed by atoms with Crippen LogP contribution in [0.15, 0.2) is 71.8 Å². The molecule has 10 heteroatoms. The van der Waals surface area contributed by atoms with Gasteiger partial charge in [-0.1, -0.05) is 24.3 Å². The lowest BCUT2D eigenvalue weighted by Gasteiger charge is -2.37. The number of fused-ring (bicyclic) bond motifs is 1. The Hall–Kier alpha value is -4.18. The summed E-state index contributed by atoms with van der Waals surface area (Å²) in [6, 6.07) is 17.1. The molecule has 7 rings (SSSR count). The van der Waals surface area contributed by atoms with Crippen LogP contribution in [-0.4, -0.2) is 50.9 Å². The van der Waals surface area contributed by atoms with Gasteiger partial charge in [0.05, 0.1) is 34.7 Å². The summed E-state index contributed by atoms with van der Waals surface area (Å²) in [5, 5.41) is 24.1. The maximum atomic E-state index is 13.8. The normalized spacial score (nSPS) is 18.3. The Morgan fingerprint density at radius 3 is 2.46 bits per heavy atom. The van der Waals surface area contributed by atoms with E-state index >= 15 is 0 Å². The van der Waals surface area contributed by atoms with Crippen LogP contribution in [0, 0.1) is 0 Å². The first-order valence-electron chi connectivity index (χ1n) is 15.8. The topological polar surface area (TPSA) is 111 Å². The number of aliphatic hydroxyl groups is 2. The molecule has 1 aliphatic carbocycles. The molecule has 2 fully saturated rings. The van der Waals surface area contributed by atoms with Gasteiger partial charge in [0, 0.05) is 49.6 Å². The van der Waals surface area contributed by atoms with Gasteiger partial charge in [-0.2, -0.15) is 0 Å². The number of halogens is 1. The number of aliphatic hydroxyl groups excluding tert-OH is 1. The van der Waals surface area contributed by atoms with Crippen LogP contribution in [0.5, 0.6) is 0 Å². The number of rotatable bonds is 7. The first-order chi connectivity index (χ1) is 22.0. The van der Waals surface area contributed by atoms with E-state index in [2.05, 4.69) is 21.3 Å². The minimum Gasteiger partial charge on any atom is -0.392 e. The van der Waals surface area contributed by atoms with Crippen LogP contribution < -0.4 is 20.7 Å². The third-order valence-electron chi connectivity index (χ3n) is 9.70. The van der Waals surface area contributed by atoms with E-state index in [0.717, 1.165) is 53.9 Å². The number of pyridine rings is 2. The predicted octanol–water partition coefficient (Wildman–Crippen LogP) is 5.47. The van der Waals surface area contributed by atoms with E-state index in [0.29, 0.717) is 54.1 Å². The van der Waals surface area contributed by atoms with Crippen molar-refractivity contribution in [2.24, 2.45) is 7.05 Å². The molecule has 46 heavy (non-hydrogen) atoms. The zero-order valence-corrected chi connectivity index (χ0v) is 26.8. The van der Waals surface area contributed by atoms with Crippen molar-refractivity contribution in [2.45, 2.75) is 56.1 Å². The average molecular weight is 640 g/mol. The van der Waals surface area contributed by atoms with E-state index in [1.165, 1.54) is 4.57 Å². The third kappa shape index (κ3) is 5.68. The molecule has 0 unspecified atom stereocenters. The van der Waals surface area contributed by atoms with Crippen molar-refractivity contribution >= 4 is 40.4 Å². The Labute approximate surface area is 273 Å². The van der Waals surface area contributed by atoms with E-state index in [9.17, 15) is 19.8 Å². The molecule has 3 N–H and O–H groups in total. The number of alkyl halides is 1. The molecule has 4 aromatic rings. The minimum absolute atomic E-state index is 0.105.